The van der Waals surface area contributed by atoms with E-state index in [1.165, 1.54) is 37.4 Å². The maximum Gasteiger partial charge on any atom is 0.191 e. The Morgan fingerprint density at radius 2 is 2.24 bits per heavy atom. The van der Waals surface area contributed by atoms with Crippen LogP contribution in [0.3, 0.4) is 0 Å². The van der Waals surface area contributed by atoms with Gasteiger partial charge in [-0.05, 0) is 62.6 Å². The second-order valence-corrected chi connectivity index (χ2v) is 7.98. The molecule has 1 saturated heterocycles. The molecule has 2 atom stereocenters. The lowest BCUT2D eigenvalue weighted by Gasteiger charge is -2.17. The summed E-state index contributed by atoms with van der Waals surface area (Å²) in [5.41, 5.74) is 0. The molecule has 0 amide bonds. The summed E-state index contributed by atoms with van der Waals surface area (Å²) in [6.45, 7) is 13.2. The number of nitrogens with one attached hydrogen (secondary N) is 2. The average molecular weight is 478 g/mol. The molecule has 144 valence electrons. The zero-order chi connectivity index (χ0) is 17.2. The van der Waals surface area contributed by atoms with E-state index in [1.54, 1.807) is 0 Å². The van der Waals surface area contributed by atoms with E-state index < -0.39 is 0 Å². The number of hydrogen-bond donors (Lipinski definition) is 2. The molecule has 2 heterocycles. The fourth-order valence-electron chi connectivity index (χ4n) is 3.27. The number of halogens is 1. The topological polar surface area (TPSA) is 39.7 Å². The minimum Gasteiger partial charge on any atom is -0.357 e. The summed E-state index contributed by atoms with van der Waals surface area (Å²) in [6, 6.07) is 4.35. The van der Waals surface area contributed by atoms with E-state index in [0.717, 1.165) is 37.9 Å². The number of thiophene rings is 1. The second kappa shape index (κ2) is 12.9. The summed E-state index contributed by atoms with van der Waals surface area (Å²) in [5, 5.41) is 9.09. The van der Waals surface area contributed by atoms with Crippen molar-refractivity contribution in [2.24, 2.45) is 16.8 Å². The van der Waals surface area contributed by atoms with Gasteiger partial charge in [0, 0.05) is 31.1 Å². The fourth-order valence-corrected chi connectivity index (χ4v) is 4.14. The lowest BCUT2D eigenvalue weighted by Crippen LogP contribution is -2.40. The minimum absolute atomic E-state index is 0. The zero-order valence-corrected chi connectivity index (χ0v) is 19.1. The van der Waals surface area contributed by atoms with E-state index in [0.29, 0.717) is 5.92 Å². The highest BCUT2D eigenvalue weighted by atomic mass is 127. The van der Waals surface area contributed by atoms with Gasteiger partial charge in [-0.15, -0.1) is 35.3 Å². The van der Waals surface area contributed by atoms with Crippen molar-refractivity contribution in [2.45, 2.75) is 40.0 Å². The molecule has 0 saturated carbocycles. The maximum atomic E-state index is 4.80. The van der Waals surface area contributed by atoms with Crippen LogP contribution < -0.4 is 10.6 Å². The Morgan fingerprint density at radius 3 is 2.92 bits per heavy atom. The molecule has 1 aromatic rings. The molecular weight excluding hydrogens is 443 g/mol. The van der Waals surface area contributed by atoms with Gasteiger partial charge in [0.15, 0.2) is 5.96 Å². The number of hydrogen-bond acceptors (Lipinski definition) is 3. The third-order valence-electron chi connectivity index (χ3n) is 4.50. The summed E-state index contributed by atoms with van der Waals surface area (Å²) in [6.07, 6.45) is 3.68. The van der Waals surface area contributed by atoms with Crippen LogP contribution in [0.5, 0.6) is 0 Å². The van der Waals surface area contributed by atoms with Crippen molar-refractivity contribution >= 4 is 41.3 Å². The third kappa shape index (κ3) is 8.73. The molecule has 2 unspecified atom stereocenters. The first-order valence-electron chi connectivity index (χ1n) is 9.48. The number of guanidine groups is 1. The normalized spacial score (nSPS) is 19.5. The van der Waals surface area contributed by atoms with Crippen LogP contribution >= 0.6 is 35.3 Å². The predicted molar refractivity (Wildman–Crippen MR) is 121 cm³/mol. The van der Waals surface area contributed by atoms with Crippen LogP contribution in [0.2, 0.25) is 0 Å². The number of rotatable bonds is 9. The van der Waals surface area contributed by atoms with Gasteiger partial charge in [-0.2, -0.15) is 0 Å². The molecule has 1 aromatic heterocycles. The molecular formula is C19H35IN4S. The van der Waals surface area contributed by atoms with Crippen molar-refractivity contribution in [3.05, 3.63) is 22.4 Å². The third-order valence-corrected chi connectivity index (χ3v) is 5.40. The van der Waals surface area contributed by atoms with Gasteiger partial charge in [-0.25, -0.2) is 0 Å². The van der Waals surface area contributed by atoms with Crippen molar-refractivity contribution in [3.63, 3.8) is 0 Å². The smallest absolute Gasteiger partial charge is 0.191 e. The van der Waals surface area contributed by atoms with E-state index in [4.69, 9.17) is 4.99 Å². The Kier molecular flexibility index (Phi) is 11.7. The van der Waals surface area contributed by atoms with Gasteiger partial charge in [-0.1, -0.05) is 19.9 Å². The Labute approximate surface area is 174 Å². The minimum atomic E-state index is 0. The highest BCUT2D eigenvalue weighted by Gasteiger charge is 2.21. The van der Waals surface area contributed by atoms with Crippen LogP contribution in [0.1, 0.15) is 38.5 Å². The lowest BCUT2D eigenvalue weighted by molar-refractivity contribution is 0.324. The molecule has 1 fully saturated rings. The van der Waals surface area contributed by atoms with Crippen LogP contribution in [-0.2, 0) is 6.42 Å². The highest BCUT2D eigenvalue weighted by molar-refractivity contribution is 14.0. The van der Waals surface area contributed by atoms with Gasteiger partial charge >= 0.3 is 0 Å². The zero-order valence-electron chi connectivity index (χ0n) is 16.0. The van der Waals surface area contributed by atoms with Crippen LogP contribution in [0, 0.1) is 11.8 Å². The van der Waals surface area contributed by atoms with Gasteiger partial charge < -0.3 is 15.5 Å². The molecule has 0 aliphatic carbocycles. The number of aliphatic imine (C=N–C) groups is 1. The molecule has 0 radical (unpaired) electrons. The first kappa shape index (κ1) is 22.7. The summed E-state index contributed by atoms with van der Waals surface area (Å²) in [5.74, 6) is 2.30. The molecule has 0 aromatic carbocycles. The van der Waals surface area contributed by atoms with Crippen LogP contribution in [0.25, 0.3) is 0 Å². The van der Waals surface area contributed by atoms with Crippen molar-refractivity contribution in [2.75, 3.05) is 39.3 Å². The van der Waals surface area contributed by atoms with E-state index >= 15 is 0 Å². The molecule has 2 N–H and O–H groups in total. The summed E-state index contributed by atoms with van der Waals surface area (Å²) in [4.78, 5) is 8.83. The fraction of sp³-hybridized carbons (Fsp3) is 0.737. The number of likely N-dealkylation sites (tertiary alicyclic amines) is 1. The van der Waals surface area contributed by atoms with Crippen molar-refractivity contribution in [1.29, 1.82) is 0 Å². The van der Waals surface area contributed by atoms with Gasteiger partial charge in [0.2, 0.25) is 0 Å². The second-order valence-electron chi connectivity index (χ2n) is 6.94. The lowest BCUT2D eigenvalue weighted by atomic mass is 10.1. The molecule has 2 rings (SSSR count). The highest BCUT2D eigenvalue weighted by Crippen LogP contribution is 2.16. The standard InChI is InChI=1S/C19H34N4S.HI/c1-4-9-23-10-8-17(15-23)14-22-19(20-5-2)21-13-16(3)12-18-7-6-11-24-18;/h6-7,11,16-17H,4-5,8-10,12-15H2,1-3H3,(H2,20,21,22);1H. The first-order chi connectivity index (χ1) is 11.7. The van der Waals surface area contributed by atoms with E-state index in [-0.39, 0.29) is 24.0 Å². The van der Waals surface area contributed by atoms with Gasteiger partial charge in [0.05, 0.1) is 0 Å². The van der Waals surface area contributed by atoms with E-state index in [9.17, 15) is 0 Å². The Balaban J connectivity index is 0.00000312. The van der Waals surface area contributed by atoms with Gasteiger partial charge in [-0.3, -0.25) is 4.99 Å². The Hall–Kier alpha value is -0.340. The Morgan fingerprint density at radius 1 is 1.40 bits per heavy atom. The predicted octanol–water partition coefficient (Wildman–Crippen LogP) is 3.83. The molecule has 1 aliphatic heterocycles. The molecule has 6 heteroatoms. The van der Waals surface area contributed by atoms with Crippen molar-refractivity contribution in [1.82, 2.24) is 15.5 Å². The Bertz CT molecular complexity index is 478. The summed E-state index contributed by atoms with van der Waals surface area (Å²) in [7, 11) is 0. The van der Waals surface area contributed by atoms with Gasteiger partial charge in [0.1, 0.15) is 0 Å². The van der Waals surface area contributed by atoms with Crippen LogP contribution in [0.4, 0.5) is 0 Å². The molecule has 0 bridgehead atoms. The molecule has 25 heavy (non-hydrogen) atoms. The number of nitrogens with zero attached hydrogens (tertiary/aromatic N) is 2. The van der Waals surface area contributed by atoms with E-state index in [1.807, 2.05) is 11.3 Å². The maximum absolute atomic E-state index is 4.80. The van der Waals surface area contributed by atoms with Gasteiger partial charge in [0.25, 0.3) is 0 Å². The van der Waals surface area contributed by atoms with Crippen molar-refractivity contribution < 1.29 is 0 Å². The SMILES string of the molecule is CCCN1CCC(CNC(=NCC(C)Cc2cccs2)NCC)C1.I. The van der Waals surface area contributed by atoms with E-state index in [2.05, 4.69) is 53.8 Å². The quantitative estimate of drug-likeness (QED) is 0.322. The largest absolute Gasteiger partial charge is 0.357 e. The van der Waals surface area contributed by atoms with Crippen LogP contribution in [-0.4, -0.2) is 50.1 Å². The molecule has 4 nitrogen and oxygen atoms in total. The van der Waals surface area contributed by atoms with Crippen molar-refractivity contribution in [3.8, 4) is 0 Å². The molecule has 0 spiro atoms. The van der Waals surface area contributed by atoms with Crippen LogP contribution in [0.15, 0.2) is 22.5 Å². The first-order valence-corrected chi connectivity index (χ1v) is 10.4. The summed E-state index contributed by atoms with van der Waals surface area (Å²) < 4.78 is 0. The monoisotopic (exact) mass is 478 g/mol. The molecule has 1 aliphatic rings. The average Bonchev–Trinajstić information content (AvgIpc) is 3.22. The summed E-state index contributed by atoms with van der Waals surface area (Å²) >= 11 is 1.84.